The summed E-state index contributed by atoms with van der Waals surface area (Å²) in [4.78, 5) is 11.1. The molecular weight excluding hydrogens is 334 g/mol. The van der Waals surface area contributed by atoms with Crippen LogP contribution in [0.4, 0.5) is 5.69 Å². The van der Waals surface area contributed by atoms with Crippen molar-refractivity contribution in [3.05, 3.63) is 36.2 Å². The summed E-state index contributed by atoms with van der Waals surface area (Å²) in [5.41, 5.74) is -0.321. The van der Waals surface area contributed by atoms with Crippen LogP contribution in [0.5, 0.6) is 5.75 Å². The number of rotatable bonds is 4. The molecule has 0 bridgehead atoms. The van der Waals surface area contributed by atoms with Gasteiger partial charge in [0, 0.05) is 11.8 Å². The maximum Gasteiger partial charge on any atom is 0.247 e. The number of nitrogens with zero attached hydrogens (tertiary/aromatic N) is 2. The van der Waals surface area contributed by atoms with Gasteiger partial charge in [0.25, 0.3) is 0 Å². The van der Waals surface area contributed by atoms with Gasteiger partial charge in [-0.1, -0.05) is 11.7 Å². The van der Waals surface area contributed by atoms with Gasteiger partial charge in [0.1, 0.15) is 17.6 Å². The summed E-state index contributed by atoms with van der Waals surface area (Å²) in [6.45, 7) is 4.82. The topological polar surface area (TPSA) is 133 Å². The van der Waals surface area contributed by atoms with Crippen molar-refractivity contribution in [1.29, 1.82) is 5.26 Å². The van der Waals surface area contributed by atoms with E-state index < -0.39 is 21.5 Å². The molecule has 1 aromatic carbocycles. The number of phenolic OH excluding ortho intramolecular Hbond substituents is 1. The highest BCUT2D eigenvalue weighted by molar-refractivity contribution is 7.91. The van der Waals surface area contributed by atoms with Gasteiger partial charge in [-0.05, 0) is 19.1 Å². The largest absolute Gasteiger partial charge is 0.505 e. The van der Waals surface area contributed by atoms with Crippen molar-refractivity contribution in [3.63, 3.8) is 0 Å². The molecule has 0 aliphatic carbocycles. The molecule has 0 aliphatic rings. The van der Waals surface area contributed by atoms with E-state index >= 15 is 0 Å². The quantitative estimate of drug-likeness (QED) is 0.635. The number of phenols is 1. The molecule has 2 rings (SSSR count). The van der Waals surface area contributed by atoms with E-state index in [4.69, 9.17) is 4.52 Å². The summed E-state index contributed by atoms with van der Waals surface area (Å²) < 4.78 is 29.2. The molecule has 2 aromatic rings. The van der Waals surface area contributed by atoms with E-state index in [1.54, 1.807) is 6.07 Å². The van der Waals surface area contributed by atoms with Crippen LogP contribution in [-0.4, -0.2) is 30.8 Å². The highest BCUT2D eigenvalue weighted by atomic mass is 32.2. The van der Waals surface area contributed by atoms with E-state index in [-0.39, 0.29) is 33.0 Å². The lowest BCUT2D eigenvalue weighted by Crippen LogP contribution is -2.10. The van der Waals surface area contributed by atoms with Crippen molar-refractivity contribution in [2.45, 2.75) is 11.8 Å². The lowest BCUT2D eigenvalue weighted by Gasteiger charge is -2.15. The molecule has 0 aliphatic heterocycles. The molecule has 0 fully saturated rings. The van der Waals surface area contributed by atoms with Crippen LogP contribution >= 0.6 is 0 Å². The fraction of sp³-hybridized carbons (Fsp3) is 0.133. The number of hydrogen-bond donors (Lipinski definition) is 2. The van der Waals surface area contributed by atoms with Crippen molar-refractivity contribution in [1.82, 2.24) is 5.16 Å². The molecule has 9 heteroatoms. The predicted octanol–water partition coefficient (Wildman–Crippen LogP) is 1.76. The van der Waals surface area contributed by atoms with Crippen LogP contribution in [0.15, 0.2) is 34.3 Å². The summed E-state index contributed by atoms with van der Waals surface area (Å²) in [6.07, 6.45) is 3.11. The summed E-state index contributed by atoms with van der Waals surface area (Å²) in [5, 5.41) is 25.7. The molecule has 0 spiro atoms. The molecule has 1 aromatic heterocycles. The number of amides is 1. The first-order valence-electron chi connectivity index (χ1n) is 6.55. The maximum atomic E-state index is 12.2. The van der Waals surface area contributed by atoms with Crippen molar-refractivity contribution in [2.75, 3.05) is 11.6 Å². The van der Waals surface area contributed by atoms with Crippen molar-refractivity contribution >= 4 is 21.4 Å². The molecule has 0 saturated heterocycles. The minimum Gasteiger partial charge on any atom is -0.505 e. The number of carbonyl (C=O) groups is 1. The highest BCUT2D eigenvalue weighted by Gasteiger charge is 2.28. The second-order valence-electron chi connectivity index (χ2n) is 4.90. The Morgan fingerprint density at radius 2 is 2.21 bits per heavy atom. The minimum atomic E-state index is -3.88. The lowest BCUT2D eigenvalue weighted by molar-refractivity contribution is -0.111. The molecule has 2 N–H and O–H groups in total. The third-order valence-corrected chi connectivity index (χ3v) is 4.37. The average Bonchev–Trinajstić information content (AvgIpc) is 2.93. The second-order valence-corrected chi connectivity index (χ2v) is 6.85. The molecule has 8 nitrogen and oxygen atoms in total. The Labute approximate surface area is 137 Å². The summed E-state index contributed by atoms with van der Waals surface area (Å²) in [7, 11) is -3.88. The molecule has 0 radical (unpaired) electrons. The van der Waals surface area contributed by atoms with Gasteiger partial charge in [0.05, 0.1) is 27.9 Å². The Balaban J connectivity index is 2.94. The molecule has 0 saturated carbocycles. The third-order valence-electron chi connectivity index (χ3n) is 3.21. The van der Waals surface area contributed by atoms with Crippen molar-refractivity contribution < 1.29 is 22.8 Å². The summed E-state index contributed by atoms with van der Waals surface area (Å²) in [5.74, 6) is -0.906. The molecule has 1 amide bonds. The van der Waals surface area contributed by atoms with Crippen LogP contribution in [0.3, 0.4) is 0 Å². The Morgan fingerprint density at radius 1 is 1.54 bits per heavy atom. The van der Waals surface area contributed by atoms with Gasteiger partial charge in [0.2, 0.25) is 5.91 Å². The number of benzene rings is 1. The second kappa shape index (κ2) is 6.17. The van der Waals surface area contributed by atoms with Gasteiger partial charge in [-0.3, -0.25) is 4.79 Å². The SMILES string of the molecule is C=CC(=O)Nc1cc(C#N)c(S(C)(=O)=O)c(-c2cnoc2C)c1O. The Morgan fingerprint density at radius 3 is 2.67 bits per heavy atom. The van der Waals surface area contributed by atoms with Gasteiger partial charge in [-0.15, -0.1) is 0 Å². The fourth-order valence-electron chi connectivity index (χ4n) is 2.19. The monoisotopic (exact) mass is 347 g/mol. The molecule has 124 valence electrons. The maximum absolute atomic E-state index is 12.2. The number of sulfone groups is 1. The summed E-state index contributed by atoms with van der Waals surface area (Å²) in [6, 6.07) is 2.85. The van der Waals surface area contributed by atoms with Gasteiger partial charge in [0.15, 0.2) is 9.84 Å². The van der Waals surface area contributed by atoms with Crippen LogP contribution < -0.4 is 5.32 Å². The van der Waals surface area contributed by atoms with Crippen LogP contribution in [-0.2, 0) is 14.6 Å². The van der Waals surface area contributed by atoms with E-state index in [0.29, 0.717) is 0 Å². The zero-order chi connectivity index (χ0) is 18.1. The van der Waals surface area contributed by atoms with Crippen LogP contribution in [0, 0.1) is 18.3 Å². The van der Waals surface area contributed by atoms with Gasteiger partial charge in [-0.25, -0.2) is 8.42 Å². The number of aromatic hydroxyl groups is 1. The van der Waals surface area contributed by atoms with Gasteiger partial charge in [-0.2, -0.15) is 5.26 Å². The third kappa shape index (κ3) is 3.00. The smallest absolute Gasteiger partial charge is 0.247 e. The van der Waals surface area contributed by atoms with Crippen molar-refractivity contribution in [2.24, 2.45) is 0 Å². The van der Waals surface area contributed by atoms with E-state index in [1.807, 2.05) is 0 Å². The van der Waals surface area contributed by atoms with Crippen LogP contribution in [0.25, 0.3) is 11.1 Å². The average molecular weight is 347 g/mol. The number of nitriles is 1. The van der Waals surface area contributed by atoms with Crippen LogP contribution in [0.2, 0.25) is 0 Å². The zero-order valence-electron chi connectivity index (χ0n) is 12.8. The standard InChI is InChI=1S/C15H13N3O5S/c1-4-12(19)18-11-5-9(6-16)15(24(3,21)22)13(14(11)20)10-7-17-23-8(10)2/h4-5,7,20H,1H2,2-3H3,(H,18,19). The lowest BCUT2D eigenvalue weighted by atomic mass is 10.0. The first-order valence-corrected chi connectivity index (χ1v) is 8.45. The number of hydrogen-bond acceptors (Lipinski definition) is 7. The molecule has 1 heterocycles. The minimum absolute atomic E-state index is 0.126. The fourth-order valence-corrected chi connectivity index (χ4v) is 3.27. The number of nitrogens with one attached hydrogen (secondary N) is 1. The number of carbonyl (C=O) groups excluding carboxylic acids is 1. The van der Waals surface area contributed by atoms with E-state index in [0.717, 1.165) is 18.4 Å². The zero-order valence-corrected chi connectivity index (χ0v) is 13.6. The Bertz CT molecular complexity index is 983. The Hall–Kier alpha value is -3.12. The molecule has 0 atom stereocenters. The summed E-state index contributed by atoms with van der Waals surface area (Å²) >= 11 is 0. The molecular formula is C15H13N3O5S. The van der Waals surface area contributed by atoms with Crippen molar-refractivity contribution in [3.8, 4) is 22.9 Å². The number of aromatic nitrogens is 1. The van der Waals surface area contributed by atoms with E-state index in [9.17, 15) is 23.6 Å². The van der Waals surface area contributed by atoms with E-state index in [2.05, 4.69) is 17.1 Å². The first kappa shape index (κ1) is 17.2. The van der Waals surface area contributed by atoms with Crippen LogP contribution in [0.1, 0.15) is 11.3 Å². The number of aryl methyl sites for hydroxylation is 1. The van der Waals surface area contributed by atoms with E-state index in [1.165, 1.54) is 13.1 Å². The van der Waals surface area contributed by atoms with Gasteiger partial charge >= 0.3 is 0 Å². The van der Waals surface area contributed by atoms with Gasteiger partial charge < -0.3 is 14.9 Å². The first-order chi connectivity index (χ1) is 11.2. The normalized spacial score (nSPS) is 10.9. The molecule has 0 unspecified atom stereocenters. The number of anilines is 1. The molecule has 24 heavy (non-hydrogen) atoms. The highest BCUT2D eigenvalue weighted by Crippen LogP contribution is 2.43. The predicted molar refractivity (Wildman–Crippen MR) is 85.0 cm³/mol. The Kier molecular flexibility index (Phi) is 4.43.